The lowest BCUT2D eigenvalue weighted by Gasteiger charge is -2.19. The van der Waals surface area contributed by atoms with Gasteiger partial charge in [-0.25, -0.2) is 0 Å². The Hall–Kier alpha value is -0.570. The summed E-state index contributed by atoms with van der Waals surface area (Å²) in [5.41, 5.74) is 0. The van der Waals surface area contributed by atoms with Crippen molar-refractivity contribution < 1.29 is 4.79 Å². The van der Waals surface area contributed by atoms with E-state index in [0.29, 0.717) is 12.5 Å². The van der Waals surface area contributed by atoms with Crippen molar-refractivity contribution in [2.45, 2.75) is 70.8 Å². The first kappa shape index (κ1) is 15.5. The Morgan fingerprint density at radius 2 is 1.89 bits per heavy atom. The Balaban J connectivity index is 2.10. The molecule has 1 fully saturated rings. The molecule has 0 bridgehead atoms. The molecule has 1 saturated carbocycles. The van der Waals surface area contributed by atoms with Gasteiger partial charge in [-0.05, 0) is 19.3 Å². The number of carbonyl (C=O) groups is 1. The fourth-order valence-corrected chi connectivity index (χ4v) is 2.58. The summed E-state index contributed by atoms with van der Waals surface area (Å²) in [4.78, 5) is 13.7. The van der Waals surface area contributed by atoms with Crippen LogP contribution >= 0.6 is 0 Å². The standard InChI is InChI=1S/C15H30N2O/c1-3-4-13-17(2)15(18)11-12-16-14-9-7-5-6-8-10-14/h14,16H,3-13H2,1-2H3. The van der Waals surface area contributed by atoms with Crippen molar-refractivity contribution in [3.05, 3.63) is 0 Å². The lowest BCUT2D eigenvalue weighted by atomic mass is 10.1. The summed E-state index contributed by atoms with van der Waals surface area (Å²) in [5, 5.41) is 3.56. The molecule has 1 aliphatic rings. The van der Waals surface area contributed by atoms with E-state index in [-0.39, 0.29) is 5.91 Å². The summed E-state index contributed by atoms with van der Waals surface area (Å²) in [6.07, 6.45) is 11.0. The zero-order chi connectivity index (χ0) is 13.2. The lowest BCUT2D eigenvalue weighted by molar-refractivity contribution is -0.129. The highest BCUT2D eigenvalue weighted by atomic mass is 16.2. The first-order valence-electron chi connectivity index (χ1n) is 7.71. The number of hydrogen-bond acceptors (Lipinski definition) is 2. The van der Waals surface area contributed by atoms with Gasteiger partial charge in [0.05, 0.1) is 0 Å². The zero-order valence-electron chi connectivity index (χ0n) is 12.2. The summed E-state index contributed by atoms with van der Waals surface area (Å²) in [6, 6.07) is 0.654. The third-order valence-electron chi connectivity index (χ3n) is 3.90. The van der Waals surface area contributed by atoms with Crippen LogP contribution in [-0.4, -0.2) is 37.0 Å². The van der Waals surface area contributed by atoms with Crippen molar-refractivity contribution in [1.82, 2.24) is 10.2 Å². The molecule has 0 radical (unpaired) electrons. The van der Waals surface area contributed by atoms with Crippen LogP contribution in [0.5, 0.6) is 0 Å². The Bertz CT molecular complexity index is 223. The van der Waals surface area contributed by atoms with E-state index in [2.05, 4.69) is 12.2 Å². The number of carbonyl (C=O) groups excluding carboxylic acids is 1. The second-order valence-corrected chi connectivity index (χ2v) is 5.56. The van der Waals surface area contributed by atoms with E-state index in [9.17, 15) is 4.79 Å². The van der Waals surface area contributed by atoms with Crippen LogP contribution in [0.3, 0.4) is 0 Å². The maximum absolute atomic E-state index is 11.8. The van der Waals surface area contributed by atoms with Gasteiger partial charge < -0.3 is 10.2 Å². The van der Waals surface area contributed by atoms with Crippen molar-refractivity contribution in [2.24, 2.45) is 0 Å². The second kappa shape index (κ2) is 9.37. The summed E-state index contributed by atoms with van der Waals surface area (Å²) in [6.45, 7) is 3.91. The van der Waals surface area contributed by atoms with Gasteiger partial charge in [-0.1, -0.05) is 39.0 Å². The van der Waals surface area contributed by atoms with Crippen LogP contribution < -0.4 is 5.32 Å². The van der Waals surface area contributed by atoms with Crippen LogP contribution in [-0.2, 0) is 4.79 Å². The average Bonchev–Trinajstić information content (AvgIpc) is 2.64. The Labute approximate surface area is 112 Å². The number of amides is 1. The summed E-state index contributed by atoms with van der Waals surface area (Å²) in [7, 11) is 1.92. The monoisotopic (exact) mass is 254 g/mol. The van der Waals surface area contributed by atoms with Crippen LogP contribution in [0, 0.1) is 0 Å². The van der Waals surface area contributed by atoms with Crippen molar-refractivity contribution in [3.8, 4) is 0 Å². The third-order valence-corrected chi connectivity index (χ3v) is 3.90. The fourth-order valence-electron chi connectivity index (χ4n) is 2.58. The third kappa shape index (κ3) is 6.39. The lowest BCUT2D eigenvalue weighted by Crippen LogP contribution is -2.34. The van der Waals surface area contributed by atoms with E-state index < -0.39 is 0 Å². The molecule has 0 aromatic rings. The number of unbranched alkanes of at least 4 members (excludes halogenated alkanes) is 1. The molecule has 0 aliphatic heterocycles. The quantitative estimate of drug-likeness (QED) is 0.708. The molecule has 0 heterocycles. The molecule has 1 amide bonds. The highest BCUT2D eigenvalue weighted by Crippen LogP contribution is 2.17. The Morgan fingerprint density at radius 3 is 2.50 bits per heavy atom. The smallest absolute Gasteiger partial charge is 0.223 e. The largest absolute Gasteiger partial charge is 0.346 e. The van der Waals surface area contributed by atoms with Gasteiger partial charge in [0.15, 0.2) is 0 Å². The minimum absolute atomic E-state index is 0.282. The van der Waals surface area contributed by atoms with Gasteiger partial charge in [-0.2, -0.15) is 0 Å². The van der Waals surface area contributed by atoms with Crippen LogP contribution in [0.1, 0.15) is 64.7 Å². The van der Waals surface area contributed by atoms with Crippen molar-refractivity contribution in [2.75, 3.05) is 20.1 Å². The van der Waals surface area contributed by atoms with Crippen LogP contribution in [0.2, 0.25) is 0 Å². The molecular formula is C15H30N2O. The predicted molar refractivity (Wildman–Crippen MR) is 76.7 cm³/mol. The number of nitrogens with one attached hydrogen (secondary N) is 1. The molecule has 3 heteroatoms. The van der Waals surface area contributed by atoms with Gasteiger partial charge >= 0.3 is 0 Å². The first-order valence-corrected chi connectivity index (χ1v) is 7.71. The summed E-state index contributed by atoms with van der Waals surface area (Å²) < 4.78 is 0. The Kier molecular flexibility index (Phi) is 8.06. The van der Waals surface area contributed by atoms with Gasteiger partial charge in [0.1, 0.15) is 0 Å². The summed E-state index contributed by atoms with van der Waals surface area (Å²) >= 11 is 0. The molecule has 0 spiro atoms. The van der Waals surface area contributed by atoms with Gasteiger partial charge in [0.25, 0.3) is 0 Å². The first-order chi connectivity index (χ1) is 8.74. The molecule has 0 unspecified atom stereocenters. The SMILES string of the molecule is CCCCN(C)C(=O)CCNC1CCCCCC1. The normalized spacial score (nSPS) is 17.4. The number of hydrogen-bond donors (Lipinski definition) is 1. The summed E-state index contributed by atoms with van der Waals surface area (Å²) in [5.74, 6) is 0.282. The highest BCUT2D eigenvalue weighted by molar-refractivity contribution is 5.76. The molecule has 18 heavy (non-hydrogen) atoms. The second-order valence-electron chi connectivity index (χ2n) is 5.56. The molecule has 0 aromatic heterocycles. The minimum atomic E-state index is 0.282. The van der Waals surface area contributed by atoms with E-state index in [1.165, 1.54) is 38.5 Å². The van der Waals surface area contributed by atoms with E-state index in [0.717, 1.165) is 25.9 Å². The molecule has 0 aromatic carbocycles. The van der Waals surface area contributed by atoms with Gasteiger partial charge in [-0.3, -0.25) is 4.79 Å². The maximum Gasteiger partial charge on any atom is 0.223 e. The van der Waals surface area contributed by atoms with E-state index in [4.69, 9.17) is 0 Å². The minimum Gasteiger partial charge on any atom is -0.346 e. The van der Waals surface area contributed by atoms with Crippen molar-refractivity contribution >= 4 is 5.91 Å². The van der Waals surface area contributed by atoms with Gasteiger partial charge in [0.2, 0.25) is 5.91 Å². The molecule has 106 valence electrons. The number of rotatable bonds is 7. The van der Waals surface area contributed by atoms with Crippen LogP contribution in [0.15, 0.2) is 0 Å². The van der Waals surface area contributed by atoms with Crippen LogP contribution in [0.25, 0.3) is 0 Å². The topological polar surface area (TPSA) is 32.3 Å². The average molecular weight is 254 g/mol. The van der Waals surface area contributed by atoms with Gasteiger partial charge in [0, 0.05) is 32.6 Å². The van der Waals surface area contributed by atoms with E-state index in [1.54, 1.807) is 0 Å². The fraction of sp³-hybridized carbons (Fsp3) is 0.933. The molecule has 1 rings (SSSR count). The molecular weight excluding hydrogens is 224 g/mol. The van der Waals surface area contributed by atoms with Gasteiger partial charge in [-0.15, -0.1) is 0 Å². The maximum atomic E-state index is 11.8. The van der Waals surface area contributed by atoms with Crippen molar-refractivity contribution in [3.63, 3.8) is 0 Å². The highest BCUT2D eigenvalue weighted by Gasteiger charge is 2.13. The van der Waals surface area contributed by atoms with Crippen molar-refractivity contribution in [1.29, 1.82) is 0 Å². The molecule has 0 atom stereocenters. The zero-order valence-corrected chi connectivity index (χ0v) is 12.2. The predicted octanol–water partition coefficient (Wildman–Crippen LogP) is 2.95. The van der Waals surface area contributed by atoms with Crippen LogP contribution in [0.4, 0.5) is 0 Å². The molecule has 0 saturated heterocycles. The molecule has 1 N–H and O–H groups in total. The molecule has 3 nitrogen and oxygen atoms in total. The Morgan fingerprint density at radius 1 is 1.22 bits per heavy atom. The number of nitrogens with zero attached hydrogens (tertiary/aromatic N) is 1. The van der Waals surface area contributed by atoms with E-state index >= 15 is 0 Å². The van der Waals surface area contributed by atoms with E-state index in [1.807, 2.05) is 11.9 Å². The molecule has 1 aliphatic carbocycles.